The van der Waals surface area contributed by atoms with E-state index in [1.807, 2.05) is 0 Å². The molecule has 2 rings (SSSR count). The van der Waals surface area contributed by atoms with E-state index < -0.39 is 6.10 Å². The molecule has 0 aliphatic heterocycles. The van der Waals surface area contributed by atoms with E-state index in [4.69, 9.17) is 22.1 Å². The summed E-state index contributed by atoms with van der Waals surface area (Å²) in [5.74, 6) is 0.286. The third kappa shape index (κ3) is 3.46. The second-order valence-corrected chi connectivity index (χ2v) is 4.81. The number of benzene rings is 2. The summed E-state index contributed by atoms with van der Waals surface area (Å²) in [6, 6.07) is 13.0. The van der Waals surface area contributed by atoms with Crippen molar-refractivity contribution < 1.29 is 9.13 Å². The summed E-state index contributed by atoms with van der Waals surface area (Å²) in [4.78, 5) is 0. The van der Waals surface area contributed by atoms with Crippen molar-refractivity contribution in [3.8, 4) is 5.75 Å². The van der Waals surface area contributed by atoms with Gasteiger partial charge < -0.3 is 10.5 Å². The lowest BCUT2D eigenvalue weighted by atomic mass is 10.0. The molecule has 19 heavy (non-hydrogen) atoms. The Morgan fingerprint density at radius 2 is 1.74 bits per heavy atom. The van der Waals surface area contributed by atoms with E-state index in [1.165, 1.54) is 6.07 Å². The van der Waals surface area contributed by atoms with Crippen LogP contribution in [0.25, 0.3) is 0 Å². The maximum atomic E-state index is 13.8. The highest BCUT2D eigenvalue weighted by Crippen LogP contribution is 2.26. The molecule has 0 radical (unpaired) electrons. The van der Waals surface area contributed by atoms with E-state index in [-0.39, 0.29) is 11.9 Å². The van der Waals surface area contributed by atoms with Gasteiger partial charge in [-0.05, 0) is 37.3 Å². The first-order chi connectivity index (χ1) is 9.08. The second-order valence-electron chi connectivity index (χ2n) is 4.37. The second kappa shape index (κ2) is 6.04. The minimum Gasteiger partial charge on any atom is -0.484 e. The van der Waals surface area contributed by atoms with Crippen LogP contribution in [-0.4, -0.2) is 6.04 Å². The summed E-state index contributed by atoms with van der Waals surface area (Å²) < 4.78 is 19.6. The predicted octanol–water partition coefficient (Wildman–Crippen LogP) is 3.95. The third-order valence-electron chi connectivity index (χ3n) is 2.77. The minimum atomic E-state index is -0.539. The molecular weight excluding hydrogens is 265 g/mol. The molecule has 0 spiro atoms. The molecule has 0 aromatic heterocycles. The molecule has 0 saturated carbocycles. The zero-order valence-electron chi connectivity index (χ0n) is 10.5. The van der Waals surface area contributed by atoms with Gasteiger partial charge in [0.25, 0.3) is 0 Å². The molecule has 0 fully saturated rings. The van der Waals surface area contributed by atoms with Crippen molar-refractivity contribution >= 4 is 11.6 Å². The van der Waals surface area contributed by atoms with Crippen LogP contribution in [0.4, 0.5) is 4.39 Å². The van der Waals surface area contributed by atoms with Crippen LogP contribution in [0.1, 0.15) is 18.6 Å². The summed E-state index contributed by atoms with van der Waals surface area (Å²) >= 11 is 5.81. The molecule has 2 atom stereocenters. The van der Waals surface area contributed by atoms with Crippen molar-refractivity contribution in [1.29, 1.82) is 0 Å². The molecule has 0 aliphatic rings. The molecule has 0 amide bonds. The highest BCUT2D eigenvalue weighted by Gasteiger charge is 2.21. The minimum absolute atomic E-state index is 0.321. The number of nitrogens with two attached hydrogens (primary N) is 1. The number of hydrogen-bond acceptors (Lipinski definition) is 2. The predicted molar refractivity (Wildman–Crippen MR) is 74.9 cm³/mol. The first kappa shape index (κ1) is 13.8. The summed E-state index contributed by atoms with van der Waals surface area (Å²) in [6.07, 6.45) is -0.539. The van der Waals surface area contributed by atoms with Crippen LogP contribution in [0.3, 0.4) is 0 Å². The van der Waals surface area contributed by atoms with Crippen molar-refractivity contribution in [2.75, 3.05) is 0 Å². The lowest BCUT2D eigenvalue weighted by Gasteiger charge is -2.23. The van der Waals surface area contributed by atoms with Gasteiger partial charge in [0.05, 0.1) is 0 Å². The SMILES string of the molecule is CC(N)C(Oc1ccc(Cl)cc1)c1ccccc1F. The maximum Gasteiger partial charge on any atom is 0.141 e. The molecule has 0 aliphatic carbocycles. The Morgan fingerprint density at radius 1 is 1.11 bits per heavy atom. The highest BCUT2D eigenvalue weighted by atomic mass is 35.5. The van der Waals surface area contributed by atoms with Crippen LogP contribution in [0, 0.1) is 5.82 Å². The fourth-order valence-corrected chi connectivity index (χ4v) is 1.95. The highest BCUT2D eigenvalue weighted by molar-refractivity contribution is 6.30. The fourth-order valence-electron chi connectivity index (χ4n) is 1.82. The van der Waals surface area contributed by atoms with Gasteiger partial charge in [0.15, 0.2) is 0 Å². The van der Waals surface area contributed by atoms with Crippen molar-refractivity contribution in [2.24, 2.45) is 5.73 Å². The molecule has 2 unspecified atom stereocenters. The van der Waals surface area contributed by atoms with Gasteiger partial charge in [0.2, 0.25) is 0 Å². The van der Waals surface area contributed by atoms with Crippen molar-refractivity contribution in [2.45, 2.75) is 19.1 Å². The molecule has 0 saturated heterocycles. The smallest absolute Gasteiger partial charge is 0.141 e. The van der Waals surface area contributed by atoms with Crippen molar-refractivity contribution in [1.82, 2.24) is 0 Å². The fraction of sp³-hybridized carbons (Fsp3) is 0.200. The molecule has 2 aromatic carbocycles. The normalized spacial score (nSPS) is 13.9. The van der Waals surface area contributed by atoms with Gasteiger partial charge >= 0.3 is 0 Å². The van der Waals surface area contributed by atoms with Gasteiger partial charge in [-0.1, -0.05) is 29.8 Å². The molecule has 2 N–H and O–H groups in total. The average Bonchev–Trinajstić information content (AvgIpc) is 2.39. The molecule has 0 bridgehead atoms. The number of halogens is 2. The molecule has 100 valence electrons. The average molecular weight is 280 g/mol. The lowest BCUT2D eigenvalue weighted by molar-refractivity contribution is 0.176. The standard InChI is InChI=1S/C15H15ClFNO/c1-10(18)15(13-4-2-3-5-14(13)17)19-12-8-6-11(16)7-9-12/h2-10,15H,18H2,1H3. The first-order valence-corrected chi connectivity index (χ1v) is 6.38. The molecule has 4 heteroatoms. The quantitative estimate of drug-likeness (QED) is 0.920. The van der Waals surface area contributed by atoms with Gasteiger partial charge in [0.1, 0.15) is 17.7 Å². The molecular formula is C15H15ClFNO. The van der Waals surface area contributed by atoms with Crippen LogP contribution in [-0.2, 0) is 0 Å². The Bertz CT molecular complexity index is 542. The van der Waals surface area contributed by atoms with Crippen molar-refractivity contribution in [3.05, 3.63) is 64.9 Å². The zero-order valence-corrected chi connectivity index (χ0v) is 11.3. The van der Waals surface area contributed by atoms with E-state index in [0.717, 1.165) is 0 Å². The van der Waals surface area contributed by atoms with E-state index in [1.54, 1.807) is 49.4 Å². The summed E-state index contributed by atoms with van der Waals surface area (Å²) in [5, 5.41) is 0.621. The summed E-state index contributed by atoms with van der Waals surface area (Å²) in [7, 11) is 0. The summed E-state index contributed by atoms with van der Waals surface area (Å²) in [6.45, 7) is 1.78. The van der Waals surface area contributed by atoms with Crippen LogP contribution in [0.5, 0.6) is 5.75 Å². The zero-order chi connectivity index (χ0) is 13.8. The van der Waals surface area contributed by atoms with Crippen LogP contribution in [0.2, 0.25) is 5.02 Å². The molecule has 0 heterocycles. The Labute approximate surface area is 117 Å². The van der Waals surface area contributed by atoms with Gasteiger partial charge in [0, 0.05) is 16.6 Å². The Balaban J connectivity index is 2.27. The topological polar surface area (TPSA) is 35.2 Å². The summed E-state index contributed by atoms with van der Waals surface area (Å²) in [5.41, 5.74) is 6.35. The van der Waals surface area contributed by atoms with Gasteiger partial charge in [-0.15, -0.1) is 0 Å². The maximum absolute atomic E-state index is 13.8. The van der Waals surface area contributed by atoms with E-state index in [0.29, 0.717) is 16.3 Å². The monoisotopic (exact) mass is 279 g/mol. The van der Waals surface area contributed by atoms with E-state index >= 15 is 0 Å². The third-order valence-corrected chi connectivity index (χ3v) is 3.02. The van der Waals surface area contributed by atoms with Crippen molar-refractivity contribution in [3.63, 3.8) is 0 Å². The van der Waals surface area contributed by atoms with Gasteiger partial charge in [-0.25, -0.2) is 4.39 Å². The van der Waals surface area contributed by atoms with E-state index in [2.05, 4.69) is 0 Å². The Hall–Kier alpha value is -1.58. The van der Waals surface area contributed by atoms with Crippen LogP contribution in [0.15, 0.2) is 48.5 Å². The van der Waals surface area contributed by atoms with Gasteiger partial charge in [-0.3, -0.25) is 0 Å². The number of rotatable bonds is 4. The van der Waals surface area contributed by atoms with Crippen LogP contribution >= 0.6 is 11.6 Å². The Morgan fingerprint density at radius 3 is 2.32 bits per heavy atom. The largest absolute Gasteiger partial charge is 0.484 e. The molecule has 2 nitrogen and oxygen atoms in total. The lowest BCUT2D eigenvalue weighted by Crippen LogP contribution is -2.29. The number of ether oxygens (including phenoxy) is 1. The molecule has 2 aromatic rings. The van der Waals surface area contributed by atoms with Gasteiger partial charge in [-0.2, -0.15) is 0 Å². The van der Waals surface area contributed by atoms with E-state index in [9.17, 15) is 4.39 Å². The number of hydrogen-bond donors (Lipinski definition) is 1. The Kier molecular flexibility index (Phi) is 4.40. The first-order valence-electron chi connectivity index (χ1n) is 6.00. The van der Waals surface area contributed by atoms with Crippen LogP contribution < -0.4 is 10.5 Å².